The number of likely N-dealkylation sites (tertiary alicyclic amines) is 1. The maximum Gasteiger partial charge on any atom is 0.191 e. The third-order valence-electron chi connectivity index (χ3n) is 5.11. The van der Waals surface area contributed by atoms with Crippen LogP contribution in [0.4, 0.5) is 4.39 Å². The molecule has 1 aromatic rings. The second kappa shape index (κ2) is 13.3. The van der Waals surface area contributed by atoms with E-state index in [0.717, 1.165) is 44.0 Å². The fourth-order valence-electron chi connectivity index (χ4n) is 3.56. The molecule has 0 aromatic heterocycles. The summed E-state index contributed by atoms with van der Waals surface area (Å²) in [5, 5.41) is 6.98. The van der Waals surface area contributed by atoms with Gasteiger partial charge >= 0.3 is 0 Å². The van der Waals surface area contributed by atoms with Gasteiger partial charge in [0.05, 0.1) is 12.6 Å². The number of benzene rings is 1. The number of rotatable bonds is 8. The van der Waals surface area contributed by atoms with Gasteiger partial charge in [-0.3, -0.25) is 4.99 Å². The van der Waals surface area contributed by atoms with Gasteiger partial charge in [0.15, 0.2) is 5.96 Å². The third-order valence-corrected chi connectivity index (χ3v) is 5.11. The maximum absolute atomic E-state index is 13.2. The van der Waals surface area contributed by atoms with E-state index in [1.165, 1.54) is 25.1 Å². The minimum absolute atomic E-state index is 0. The Bertz CT molecular complexity index is 571. The fraction of sp³-hybridized carbons (Fsp3) is 0.667. The second-order valence-electron chi connectivity index (χ2n) is 7.51. The Morgan fingerprint density at radius 3 is 2.39 bits per heavy atom. The summed E-state index contributed by atoms with van der Waals surface area (Å²) in [6.45, 7) is 9.30. The molecule has 2 rings (SSSR count). The summed E-state index contributed by atoms with van der Waals surface area (Å²) in [5.74, 6) is 0.671. The molecular weight excluding hydrogens is 468 g/mol. The molecule has 28 heavy (non-hydrogen) atoms. The van der Waals surface area contributed by atoms with Crippen LogP contribution >= 0.6 is 24.0 Å². The molecule has 2 N–H and O–H groups in total. The van der Waals surface area contributed by atoms with Gasteiger partial charge in [0.25, 0.3) is 0 Å². The quantitative estimate of drug-likeness (QED) is 0.323. The van der Waals surface area contributed by atoms with Gasteiger partial charge in [-0.2, -0.15) is 0 Å². The normalized spacial score (nSPS) is 17.3. The Morgan fingerprint density at radius 2 is 1.86 bits per heavy atom. The van der Waals surface area contributed by atoms with Gasteiger partial charge in [0.1, 0.15) is 5.82 Å². The van der Waals surface area contributed by atoms with Gasteiger partial charge < -0.3 is 20.4 Å². The SMILES string of the molecule is CCCN1CCC(NC(=NCC(c2ccc(F)cc2)N(C)C)NCC)CC1.I. The summed E-state index contributed by atoms with van der Waals surface area (Å²) in [4.78, 5) is 9.50. The largest absolute Gasteiger partial charge is 0.357 e. The van der Waals surface area contributed by atoms with Gasteiger partial charge in [-0.15, -0.1) is 24.0 Å². The average Bonchev–Trinajstić information content (AvgIpc) is 2.65. The molecule has 160 valence electrons. The lowest BCUT2D eigenvalue weighted by molar-refractivity contribution is 0.206. The third kappa shape index (κ3) is 8.21. The number of halogens is 2. The van der Waals surface area contributed by atoms with Crippen LogP contribution in [0.25, 0.3) is 0 Å². The van der Waals surface area contributed by atoms with Gasteiger partial charge in [-0.05, 0) is 64.5 Å². The molecule has 0 radical (unpaired) electrons. The first-order chi connectivity index (χ1) is 13.0. The summed E-state index contributed by atoms with van der Waals surface area (Å²) < 4.78 is 13.2. The van der Waals surface area contributed by atoms with E-state index in [0.29, 0.717) is 12.6 Å². The predicted molar refractivity (Wildman–Crippen MR) is 127 cm³/mol. The summed E-state index contributed by atoms with van der Waals surface area (Å²) >= 11 is 0. The van der Waals surface area contributed by atoms with Crippen molar-refractivity contribution in [2.45, 2.75) is 45.2 Å². The summed E-state index contributed by atoms with van der Waals surface area (Å²) in [5.41, 5.74) is 1.08. The predicted octanol–water partition coefficient (Wildman–Crippen LogP) is 3.48. The summed E-state index contributed by atoms with van der Waals surface area (Å²) in [7, 11) is 4.07. The molecule has 0 bridgehead atoms. The van der Waals surface area contributed by atoms with Crippen molar-refractivity contribution in [1.29, 1.82) is 0 Å². The lowest BCUT2D eigenvalue weighted by atomic mass is 10.0. The van der Waals surface area contributed by atoms with E-state index in [-0.39, 0.29) is 35.8 Å². The Balaban J connectivity index is 0.00000392. The van der Waals surface area contributed by atoms with Crippen LogP contribution in [0.3, 0.4) is 0 Å². The van der Waals surface area contributed by atoms with Crippen molar-refractivity contribution < 1.29 is 4.39 Å². The summed E-state index contributed by atoms with van der Waals surface area (Å²) in [6.07, 6.45) is 3.52. The first-order valence-corrected chi connectivity index (χ1v) is 10.2. The number of nitrogens with one attached hydrogen (secondary N) is 2. The van der Waals surface area contributed by atoms with Gasteiger partial charge in [-0.1, -0.05) is 19.1 Å². The molecule has 1 fully saturated rings. The van der Waals surface area contributed by atoms with Crippen LogP contribution in [0.2, 0.25) is 0 Å². The molecule has 5 nitrogen and oxygen atoms in total. The monoisotopic (exact) mass is 505 g/mol. The van der Waals surface area contributed by atoms with Gasteiger partial charge in [0.2, 0.25) is 0 Å². The highest BCUT2D eigenvalue weighted by molar-refractivity contribution is 14.0. The Morgan fingerprint density at radius 1 is 1.21 bits per heavy atom. The van der Waals surface area contributed by atoms with E-state index in [2.05, 4.69) is 34.3 Å². The van der Waals surface area contributed by atoms with Crippen molar-refractivity contribution in [1.82, 2.24) is 20.4 Å². The zero-order valence-corrected chi connectivity index (χ0v) is 20.1. The fourth-order valence-corrected chi connectivity index (χ4v) is 3.56. The van der Waals surface area contributed by atoms with E-state index in [1.54, 1.807) is 0 Å². The first kappa shape index (κ1) is 25.1. The van der Waals surface area contributed by atoms with Crippen LogP contribution in [-0.2, 0) is 0 Å². The van der Waals surface area contributed by atoms with Crippen LogP contribution in [0.5, 0.6) is 0 Å². The molecule has 0 saturated carbocycles. The van der Waals surface area contributed by atoms with E-state index in [4.69, 9.17) is 4.99 Å². The zero-order valence-electron chi connectivity index (χ0n) is 17.7. The summed E-state index contributed by atoms with van der Waals surface area (Å²) in [6, 6.07) is 7.32. The molecular formula is C21H37FIN5. The highest BCUT2D eigenvalue weighted by Gasteiger charge is 2.20. The van der Waals surface area contributed by atoms with Crippen LogP contribution in [-0.4, -0.2) is 68.6 Å². The lowest BCUT2D eigenvalue weighted by Gasteiger charge is -2.33. The Hall–Kier alpha value is -0.930. The van der Waals surface area contributed by atoms with Crippen molar-refractivity contribution in [2.24, 2.45) is 4.99 Å². The minimum atomic E-state index is -0.204. The molecule has 1 aliphatic heterocycles. The molecule has 1 aliphatic rings. The van der Waals surface area contributed by atoms with Crippen molar-refractivity contribution in [3.8, 4) is 0 Å². The van der Waals surface area contributed by atoms with E-state index in [1.807, 2.05) is 26.2 Å². The van der Waals surface area contributed by atoms with E-state index in [9.17, 15) is 4.39 Å². The maximum atomic E-state index is 13.2. The first-order valence-electron chi connectivity index (χ1n) is 10.2. The minimum Gasteiger partial charge on any atom is -0.357 e. The standard InChI is InChI=1S/C21H36FN5.HI/c1-5-13-27-14-11-19(12-15-27)25-21(23-6-2)24-16-20(26(3)4)17-7-9-18(22)10-8-17;/h7-10,19-20H,5-6,11-16H2,1-4H3,(H2,23,24,25);1H. The van der Waals surface area contributed by atoms with Crippen LogP contribution in [0.1, 0.15) is 44.7 Å². The molecule has 1 unspecified atom stereocenters. The zero-order chi connectivity index (χ0) is 19.6. The number of nitrogens with zero attached hydrogens (tertiary/aromatic N) is 3. The van der Waals surface area contributed by atoms with Crippen molar-refractivity contribution >= 4 is 29.9 Å². The van der Waals surface area contributed by atoms with Crippen molar-refractivity contribution in [3.05, 3.63) is 35.6 Å². The Kier molecular flexibility index (Phi) is 11.9. The molecule has 1 aromatic carbocycles. The number of likely N-dealkylation sites (N-methyl/N-ethyl adjacent to an activating group) is 1. The number of hydrogen-bond acceptors (Lipinski definition) is 3. The highest BCUT2D eigenvalue weighted by atomic mass is 127. The van der Waals surface area contributed by atoms with Crippen molar-refractivity contribution in [2.75, 3.05) is 46.8 Å². The molecule has 1 atom stereocenters. The van der Waals surface area contributed by atoms with Crippen molar-refractivity contribution in [3.63, 3.8) is 0 Å². The highest BCUT2D eigenvalue weighted by Crippen LogP contribution is 2.19. The lowest BCUT2D eigenvalue weighted by Crippen LogP contribution is -2.49. The smallest absolute Gasteiger partial charge is 0.191 e. The number of hydrogen-bond donors (Lipinski definition) is 2. The number of piperidine rings is 1. The van der Waals surface area contributed by atoms with Crippen LogP contribution < -0.4 is 10.6 Å². The molecule has 0 spiro atoms. The second-order valence-corrected chi connectivity index (χ2v) is 7.51. The topological polar surface area (TPSA) is 42.9 Å². The molecule has 1 heterocycles. The number of guanidine groups is 1. The average molecular weight is 505 g/mol. The number of aliphatic imine (C=N–C) groups is 1. The van der Waals surface area contributed by atoms with Gasteiger partial charge in [-0.25, -0.2) is 4.39 Å². The van der Waals surface area contributed by atoms with E-state index < -0.39 is 0 Å². The molecule has 0 amide bonds. The molecule has 1 saturated heterocycles. The molecule has 0 aliphatic carbocycles. The van der Waals surface area contributed by atoms with Crippen LogP contribution in [0.15, 0.2) is 29.3 Å². The van der Waals surface area contributed by atoms with Gasteiger partial charge in [0, 0.05) is 25.7 Å². The molecule has 7 heteroatoms. The van der Waals surface area contributed by atoms with E-state index >= 15 is 0 Å². The van der Waals surface area contributed by atoms with Crippen LogP contribution in [0, 0.1) is 5.82 Å². The Labute approximate surface area is 187 Å².